The fourth-order valence-corrected chi connectivity index (χ4v) is 2.83. The minimum Gasteiger partial charge on any atom is -0.336 e. The maximum absolute atomic E-state index is 12.1. The number of aromatic amines is 2. The van der Waals surface area contributed by atoms with E-state index in [4.69, 9.17) is 0 Å². The van der Waals surface area contributed by atoms with Crippen molar-refractivity contribution < 1.29 is 4.79 Å². The summed E-state index contributed by atoms with van der Waals surface area (Å²) < 4.78 is 0. The zero-order chi connectivity index (χ0) is 13.1. The number of amides is 1. The molecule has 1 aromatic rings. The van der Waals surface area contributed by atoms with E-state index in [1.807, 2.05) is 0 Å². The topological polar surface area (TPSA) is 81.8 Å². The molecule has 6 heteroatoms. The van der Waals surface area contributed by atoms with Crippen LogP contribution in [0.4, 0.5) is 0 Å². The molecule has 0 radical (unpaired) electrons. The number of nitrogens with zero attached hydrogens (tertiary/aromatic N) is 2. The second kappa shape index (κ2) is 5.37. The molecule has 1 fully saturated rings. The number of hydrogen-bond acceptors (Lipinski definition) is 3. The number of hydrogen-bond donors (Lipinski definition) is 2. The van der Waals surface area contributed by atoms with Crippen molar-refractivity contribution in [3.8, 4) is 0 Å². The summed E-state index contributed by atoms with van der Waals surface area (Å²) in [5.74, 6) is 1.20. The van der Waals surface area contributed by atoms with Gasteiger partial charge in [0, 0.05) is 13.1 Å². The van der Waals surface area contributed by atoms with Crippen molar-refractivity contribution in [2.75, 3.05) is 13.1 Å². The van der Waals surface area contributed by atoms with Crippen LogP contribution in [0.15, 0.2) is 4.79 Å². The van der Waals surface area contributed by atoms with Gasteiger partial charge in [-0.15, -0.1) is 5.10 Å². The summed E-state index contributed by atoms with van der Waals surface area (Å²) in [7, 11) is 0. The van der Waals surface area contributed by atoms with Crippen LogP contribution in [-0.2, 0) is 0 Å². The van der Waals surface area contributed by atoms with Gasteiger partial charge in [0.25, 0.3) is 5.91 Å². The van der Waals surface area contributed by atoms with Crippen molar-refractivity contribution in [1.29, 1.82) is 0 Å². The molecule has 0 saturated carbocycles. The molecule has 1 aromatic heterocycles. The van der Waals surface area contributed by atoms with E-state index in [0.29, 0.717) is 11.8 Å². The van der Waals surface area contributed by atoms with E-state index in [1.165, 1.54) is 0 Å². The largest absolute Gasteiger partial charge is 0.341 e. The van der Waals surface area contributed by atoms with Gasteiger partial charge in [-0.25, -0.2) is 9.89 Å². The molecule has 2 N–H and O–H groups in total. The minimum atomic E-state index is -0.436. The second-order valence-electron chi connectivity index (χ2n) is 4.90. The van der Waals surface area contributed by atoms with Crippen molar-refractivity contribution in [3.63, 3.8) is 0 Å². The molecule has 2 rings (SSSR count). The fraction of sp³-hybridized carbons (Fsp3) is 0.750. The Labute approximate surface area is 106 Å². The van der Waals surface area contributed by atoms with Gasteiger partial charge in [-0.2, -0.15) is 0 Å². The SMILES string of the molecule is CCC(CC)[C@H]1CCN(C(=O)c2n[nH]c(=O)[nH]2)C1. The zero-order valence-corrected chi connectivity index (χ0v) is 10.9. The Kier molecular flexibility index (Phi) is 3.84. The monoisotopic (exact) mass is 252 g/mol. The van der Waals surface area contributed by atoms with Gasteiger partial charge in [-0.05, 0) is 18.3 Å². The highest BCUT2D eigenvalue weighted by atomic mass is 16.2. The number of likely N-dealkylation sites (tertiary alicyclic amines) is 1. The smallest absolute Gasteiger partial charge is 0.336 e. The molecule has 1 aliphatic rings. The first-order chi connectivity index (χ1) is 8.65. The average molecular weight is 252 g/mol. The second-order valence-corrected chi connectivity index (χ2v) is 4.90. The highest BCUT2D eigenvalue weighted by Gasteiger charge is 2.31. The number of rotatable bonds is 4. The first-order valence-corrected chi connectivity index (χ1v) is 6.59. The van der Waals surface area contributed by atoms with E-state index >= 15 is 0 Å². The Morgan fingerprint density at radius 1 is 1.50 bits per heavy atom. The lowest BCUT2D eigenvalue weighted by Gasteiger charge is -2.21. The molecule has 6 nitrogen and oxygen atoms in total. The molecule has 1 atom stereocenters. The third-order valence-electron chi connectivity index (χ3n) is 3.93. The predicted molar refractivity (Wildman–Crippen MR) is 67.3 cm³/mol. The molecule has 1 saturated heterocycles. The van der Waals surface area contributed by atoms with Crippen molar-refractivity contribution in [1.82, 2.24) is 20.1 Å². The van der Waals surface area contributed by atoms with Gasteiger partial charge in [0.2, 0.25) is 5.82 Å². The normalized spacial score (nSPS) is 19.7. The summed E-state index contributed by atoms with van der Waals surface area (Å²) in [5.41, 5.74) is -0.436. The molecule has 2 heterocycles. The molecule has 1 aliphatic heterocycles. The van der Waals surface area contributed by atoms with E-state index in [1.54, 1.807) is 4.90 Å². The van der Waals surface area contributed by atoms with E-state index in [2.05, 4.69) is 29.0 Å². The highest BCUT2D eigenvalue weighted by molar-refractivity contribution is 5.90. The van der Waals surface area contributed by atoms with Crippen molar-refractivity contribution in [2.45, 2.75) is 33.1 Å². The van der Waals surface area contributed by atoms with Crippen molar-refractivity contribution in [2.24, 2.45) is 11.8 Å². The lowest BCUT2D eigenvalue weighted by atomic mass is 9.87. The van der Waals surface area contributed by atoms with Gasteiger partial charge < -0.3 is 4.90 Å². The molecular weight excluding hydrogens is 232 g/mol. The Bertz CT molecular complexity index is 461. The molecule has 0 bridgehead atoms. The van der Waals surface area contributed by atoms with Gasteiger partial charge >= 0.3 is 5.69 Å². The molecule has 0 aromatic carbocycles. The van der Waals surface area contributed by atoms with Crippen LogP contribution in [0.2, 0.25) is 0 Å². The molecule has 0 unspecified atom stereocenters. The maximum Gasteiger partial charge on any atom is 0.341 e. The molecular formula is C12H20N4O2. The first-order valence-electron chi connectivity index (χ1n) is 6.59. The summed E-state index contributed by atoms with van der Waals surface area (Å²) in [6.07, 6.45) is 3.36. The van der Waals surface area contributed by atoms with Gasteiger partial charge in [-0.3, -0.25) is 9.78 Å². The molecule has 18 heavy (non-hydrogen) atoms. The predicted octanol–water partition coefficient (Wildman–Crippen LogP) is 0.996. The molecule has 100 valence electrons. The van der Waals surface area contributed by atoms with Gasteiger partial charge in [0.05, 0.1) is 0 Å². The average Bonchev–Trinajstić information content (AvgIpc) is 2.99. The summed E-state index contributed by atoms with van der Waals surface area (Å²) >= 11 is 0. The number of carbonyl (C=O) groups is 1. The minimum absolute atomic E-state index is 0.116. The maximum atomic E-state index is 12.1. The summed E-state index contributed by atoms with van der Waals surface area (Å²) in [6, 6.07) is 0. The summed E-state index contributed by atoms with van der Waals surface area (Å²) in [6.45, 7) is 5.93. The van der Waals surface area contributed by atoms with Crippen LogP contribution in [0, 0.1) is 11.8 Å². The standard InChI is InChI=1S/C12H20N4O2/c1-3-8(4-2)9-5-6-16(7-9)11(17)10-13-12(18)15-14-10/h8-9H,3-7H2,1-2H3,(H2,13,14,15,18)/t9-/m0/s1. The highest BCUT2D eigenvalue weighted by Crippen LogP contribution is 2.29. The van der Waals surface area contributed by atoms with Gasteiger partial charge in [0.15, 0.2) is 0 Å². The van der Waals surface area contributed by atoms with E-state index in [0.717, 1.165) is 32.4 Å². The number of nitrogens with one attached hydrogen (secondary N) is 2. The quantitative estimate of drug-likeness (QED) is 0.838. The molecule has 0 aliphatic carbocycles. The first kappa shape index (κ1) is 12.9. The third kappa shape index (κ3) is 2.47. The van der Waals surface area contributed by atoms with Crippen LogP contribution in [0.1, 0.15) is 43.7 Å². The number of aromatic nitrogens is 3. The zero-order valence-electron chi connectivity index (χ0n) is 10.9. The van der Waals surface area contributed by atoms with Crippen LogP contribution >= 0.6 is 0 Å². The Balaban J connectivity index is 2.00. The van der Waals surface area contributed by atoms with E-state index in [-0.39, 0.29) is 11.7 Å². The van der Waals surface area contributed by atoms with Crippen molar-refractivity contribution in [3.05, 3.63) is 16.3 Å². The molecule has 0 spiro atoms. The van der Waals surface area contributed by atoms with Crippen LogP contribution in [0.5, 0.6) is 0 Å². The third-order valence-corrected chi connectivity index (χ3v) is 3.93. The van der Waals surface area contributed by atoms with E-state index < -0.39 is 5.69 Å². The van der Waals surface area contributed by atoms with Crippen LogP contribution in [0.25, 0.3) is 0 Å². The Morgan fingerprint density at radius 2 is 2.22 bits per heavy atom. The number of H-pyrrole nitrogens is 2. The lowest BCUT2D eigenvalue weighted by Crippen LogP contribution is -2.30. The Morgan fingerprint density at radius 3 is 2.78 bits per heavy atom. The summed E-state index contributed by atoms with van der Waals surface area (Å²) in [5, 5.41) is 5.91. The van der Waals surface area contributed by atoms with Crippen LogP contribution < -0.4 is 5.69 Å². The van der Waals surface area contributed by atoms with Crippen molar-refractivity contribution >= 4 is 5.91 Å². The summed E-state index contributed by atoms with van der Waals surface area (Å²) in [4.78, 5) is 27.2. The van der Waals surface area contributed by atoms with E-state index in [9.17, 15) is 9.59 Å². The Hall–Kier alpha value is -1.59. The molecule has 1 amide bonds. The fourth-order valence-electron chi connectivity index (χ4n) is 2.83. The lowest BCUT2D eigenvalue weighted by molar-refractivity contribution is 0.0770. The van der Waals surface area contributed by atoms with Crippen LogP contribution in [0.3, 0.4) is 0 Å². The number of carbonyl (C=O) groups excluding carboxylic acids is 1. The van der Waals surface area contributed by atoms with Crippen LogP contribution in [-0.4, -0.2) is 39.1 Å². The van der Waals surface area contributed by atoms with Gasteiger partial charge in [0.1, 0.15) is 0 Å². The van der Waals surface area contributed by atoms with Gasteiger partial charge in [-0.1, -0.05) is 26.7 Å².